The fourth-order valence-electron chi connectivity index (χ4n) is 0.865. The summed E-state index contributed by atoms with van der Waals surface area (Å²) in [6.07, 6.45) is 0.666. The summed E-state index contributed by atoms with van der Waals surface area (Å²) < 4.78 is 25.7. The summed E-state index contributed by atoms with van der Waals surface area (Å²) in [5.41, 5.74) is 5.46. The van der Waals surface area contributed by atoms with Gasteiger partial charge in [-0.1, -0.05) is 27.7 Å². The van der Waals surface area contributed by atoms with E-state index in [-0.39, 0.29) is 17.1 Å². The third kappa shape index (κ3) is 8.84. The number of nitrogens with one attached hydrogen (secondary N) is 1. The van der Waals surface area contributed by atoms with E-state index in [1.54, 1.807) is 0 Å². The molecule has 0 bridgehead atoms. The molecular weight excluding hydrogens is 212 g/mol. The molecule has 0 saturated heterocycles. The number of hydrogen-bond donors (Lipinski definition) is 2. The molecule has 0 aromatic carbocycles. The van der Waals surface area contributed by atoms with Crippen LogP contribution in [0.5, 0.6) is 0 Å². The molecule has 0 aliphatic heterocycles. The Bertz CT molecular complexity index is 268. The first kappa shape index (κ1) is 14.9. The van der Waals surface area contributed by atoms with Crippen LogP contribution in [-0.2, 0) is 10.0 Å². The first-order chi connectivity index (χ1) is 6.66. The molecule has 0 rings (SSSR count). The Morgan fingerprint density at radius 2 is 1.87 bits per heavy atom. The van der Waals surface area contributed by atoms with Gasteiger partial charge in [-0.05, 0) is 24.3 Å². The Kier molecular flexibility index (Phi) is 5.77. The van der Waals surface area contributed by atoms with Gasteiger partial charge in [0.05, 0.1) is 5.75 Å². The lowest BCUT2D eigenvalue weighted by molar-refractivity contribution is 0.396. The monoisotopic (exact) mass is 236 g/mol. The van der Waals surface area contributed by atoms with Crippen LogP contribution in [0.4, 0.5) is 0 Å². The normalized spacial score (nSPS) is 15.3. The van der Waals surface area contributed by atoms with E-state index in [0.29, 0.717) is 19.5 Å². The summed E-state index contributed by atoms with van der Waals surface area (Å²) in [5, 5.41) is 0. The van der Waals surface area contributed by atoms with Crippen molar-refractivity contribution in [1.29, 1.82) is 0 Å². The van der Waals surface area contributed by atoms with Crippen LogP contribution in [0, 0.1) is 11.3 Å². The largest absolute Gasteiger partial charge is 0.330 e. The first-order valence-corrected chi connectivity index (χ1v) is 6.99. The third-order valence-corrected chi connectivity index (χ3v) is 3.52. The van der Waals surface area contributed by atoms with E-state index in [0.717, 1.165) is 0 Å². The van der Waals surface area contributed by atoms with Crippen molar-refractivity contribution in [1.82, 2.24) is 4.72 Å². The minimum Gasteiger partial charge on any atom is -0.330 e. The molecule has 0 spiro atoms. The summed E-state index contributed by atoms with van der Waals surface area (Å²) in [5.74, 6) is 0.378. The van der Waals surface area contributed by atoms with Gasteiger partial charge in [0.15, 0.2) is 0 Å². The summed E-state index contributed by atoms with van der Waals surface area (Å²) in [6, 6.07) is 0. The maximum absolute atomic E-state index is 11.5. The third-order valence-electron chi connectivity index (χ3n) is 2.17. The average Bonchev–Trinajstić information content (AvgIpc) is 2.10. The van der Waals surface area contributed by atoms with Crippen LogP contribution in [0.2, 0.25) is 0 Å². The molecule has 0 aliphatic rings. The van der Waals surface area contributed by atoms with E-state index < -0.39 is 10.0 Å². The summed E-state index contributed by atoms with van der Waals surface area (Å²) in [6.45, 7) is 8.96. The Morgan fingerprint density at radius 1 is 1.33 bits per heavy atom. The number of nitrogens with two attached hydrogens (primary N) is 1. The van der Waals surface area contributed by atoms with E-state index >= 15 is 0 Å². The standard InChI is InChI=1S/C10H24N2O2S/c1-9(7-11)8-12-15(13,14)6-5-10(2,3)4/h9,12H,5-8,11H2,1-4H3. The van der Waals surface area contributed by atoms with Gasteiger partial charge in [0.25, 0.3) is 0 Å². The number of hydrogen-bond acceptors (Lipinski definition) is 3. The molecule has 1 atom stereocenters. The Morgan fingerprint density at radius 3 is 2.27 bits per heavy atom. The van der Waals surface area contributed by atoms with Crippen molar-refractivity contribution in [3.8, 4) is 0 Å². The van der Waals surface area contributed by atoms with Gasteiger partial charge in [-0.3, -0.25) is 0 Å². The van der Waals surface area contributed by atoms with Gasteiger partial charge in [-0.25, -0.2) is 13.1 Å². The first-order valence-electron chi connectivity index (χ1n) is 5.34. The van der Waals surface area contributed by atoms with Crippen LogP contribution in [0.3, 0.4) is 0 Å². The van der Waals surface area contributed by atoms with Gasteiger partial charge in [-0.15, -0.1) is 0 Å². The van der Waals surface area contributed by atoms with E-state index in [2.05, 4.69) is 4.72 Å². The van der Waals surface area contributed by atoms with Crippen molar-refractivity contribution in [3.05, 3.63) is 0 Å². The number of sulfonamides is 1. The number of rotatable bonds is 6. The predicted molar refractivity (Wildman–Crippen MR) is 64.1 cm³/mol. The molecule has 0 heterocycles. The zero-order valence-electron chi connectivity index (χ0n) is 10.2. The average molecular weight is 236 g/mol. The lowest BCUT2D eigenvalue weighted by Gasteiger charge is -2.18. The van der Waals surface area contributed by atoms with Gasteiger partial charge in [0, 0.05) is 6.54 Å². The topological polar surface area (TPSA) is 72.2 Å². The van der Waals surface area contributed by atoms with Crippen LogP contribution in [0.15, 0.2) is 0 Å². The van der Waals surface area contributed by atoms with Gasteiger partial charge < -0.3 is 5.73 Å². The van der Waals surface area contributed by atoms with Gasteiger partial charge in [-0.2, -0.15) is 0 Å². The second kappa shape index (κ2) is 5.82. The lowest BCUT2D eigenvalue weighted by Crippen LogP contribution is -2.33. The van der Waals surface area contributed by atoms with Crippen molar-refractivity contribution in [3.63, 3.8) is 0 Å². The smallest absolute Gasteiger partial charge is 0.211 e. The van der Waals surface area contributed by atoms with Crippen molar-refractivity contribution in [2.45, 2.75) is 34.1 Å². The van der Waals surface area contributed by atoms with Crippen LogP contribution in [0.25, 0.3) is 0 Å². The fourth-order valence-corrected chi connectivity index (χ4v) is 2.43. The molecular formula is C10H24N2O2S. The predicted octanol–water partition coefficient (Wildman–Crippen LogP) is 0.937. The Labute approximate surface area is 93.7 Å². The highest BCUT2D eigenvalue weighted by Gasteiger charge is 2.17. The van der Waals surface area contributed by atoms with Crippen LogP contribution in [-0.4, -0.2) is 27.3 Å². The molecule has 0 aliphatic carbocycles. The van der Waals surface area contributed by atoms with Crippen molar-refractivity contribution in [2.24, 2.45) is 17.1 Å². The lowest BCUT2D eigenvalue weighted by atomic mass is 9.94. The minimum atomic E-state index is -3.13. The molecule has 0 saturated carbocycles. The van der Waals surface area contributed by atoms with Crippen LogP contribution in [0.1, 0.15) is 34.1 Å². The van der Waals surface area contributed by atoms with Gasteiger partial charge in [0.2, 0.25) is 10.0 Å². The highest BCUT2D eigenvalue weighted by molar-refractivity contribution is 7.89. The molecule has 0 radical (unpaired) electrons. The highest BCUT2D eigenvalue weighted by atomic mass is 32.2. The summed E-state index contributed by atoms with van der Waals surface area (Å²) in [7, 11) is -3.13. The maximum atomic E-state index is 11.5. The maximum Gasteiger partial charge on any atom is 0.211 e. The molecule has 3 N–H and O–H groups in total. The van der Waals surface area contributed by atoms with Gasteiger partial charge in [0.1, 0.15) is 0 Å². The van der Waals surface area contributed by atoms with E-state index in [1.165, 1.54) is 0 Å². The summed E-state index contributed by atoms with van der Waals surface area (Å²) >= 11 is 0. The van der Waals surface area contributed by atoms with E-state index in [1.807, 2.05) is 27.7 Å². The Hall–Kier alpha value is -0.130. The summed E-state index contributed by atoms with van der Waals surface area (Å²) in [4.78, 5) is 0. The molecule has 0 aromatic heterocycles. The molecule has 0 aromatic rings. The quantitative estimate of drug-likeness (QED) is 0.721. The van der Waals surface area contributed by atoms with E-state index in [4.69, 9.17) is 5.73 Å². The zero-order chi connectivity index (χ0) is 12.1. The second-order valence-corrected chi connectivity index (χ2v) is 7.25. The molecule has 92 valence electrons. The fraction of sp³-hybridized carbons (Fsp3) is 1.00. The Balaban J connectivity index is 3.99. The molecule has 0 amide bonds. The molecule has 1 unspecified atom stereocenters. The van der Waals surface area contributed by atoms with Crippen molar-refractivity contribution >= 4 is 10.0 Å². The SMILES string of the molecule is CC(CN)CNS(=O)(=O)CCC(C)(C)C. The van der Waals surface area contributed by atoms with Crippen molar-refractivity contribution < 1.29 is 8.42 Å². The van der Waals surface area contributed by atoms with Gasteiger partial charge >= 0.3 is 0 Å². The van der Waals surface area contributed by atoms with Crippen LogP contribution < -0.4 is 10.5 Å². The molecule has 4 nitrogen and oxygen atoms in total. The zero-order valence-corrected chi connectivity index (χ0v) is 11.0. The minimum absolute atomic E-state index is 0.0498. The molecule has 0 fully saturated rings. The highest BCUT2D eigenvalue weighted by Crippen LogP contribution is 2.18. The molecule has 5 heteroatoms. The molecule has 15 heavy (non-hydrogen) atoms. The van der Waals surface area contributed by atoms with Crippen molar-refractivity contribution in [2.75, 3.05) is 18.8 Å². The van der Waals surface area contributed by atoms with Crippen LogP contribution >= 0.6 is 0 Å². The van der Waals surface area contributed by atoms with E-state index in [9.17, 15) is 8.42 Å². The second-order valence-electron chi connectivity index (χ2n) is 5.32.